The van der Waals surface area contributed by atoms with Crippen LogP contribution in [0.2, 0.25) is 0 Å². The number of halogens is 3. The zero-order valence-corrected chi connectivity index (χ0v) is 15.1. The van der Waals surface area contributed by atoms with Gasteiger partial charge in [-0.15, -0.1) is 0 Å². The van der Waals surface area contributed by atoms with Crippen LogP contribution in [0.4, 0.5) is 18.3 Å². The van der Waals surface area contributed by atoms with Gasteiger partial charge in [-0.05, 0) is 23.5 Å². The fourth-order valence-corrected chi connectivity index (χ4v) is 4.00. The Morgan fingerprint density at radius 2 is 1.96 bits per heavy atom. The van der Waals surface area contributed by atoms with E-state index >= 15 is 0 Å². The van der Waals surface area contributed by atoms with Crippen LogP contribution in [-0.4, -0.2) is 16.7 Å². The molecule has 0 saturated heterocycles. The molecular weight excluding hydrogens is 365 g/mol. The predicted octanol–water partition coefficient (Wildman–Crippen LogP) is 4.50. The van der Waals surface area contributed by atoms with Gasteiger partial charge in [-0.1, -0.05) is 43.4 Å². The topological polar surface area (TPSA) is 59.1 Å². The molecule has 0 radical (unpaired) electrons. The number of nitrogens with zero attached hydrogens (tertiary/aromatic N) is 1. The summed E-state index contributed by atoms with van der Waals surface area (Å²) in [7, 11) is 0. The van der Waals surface area contributed by atoms with E-state index in [0.717, 1.165) is 17.4 Å². The molecule has 0 bridgehead atoms. The van der Waals surface area contributed by atoms with Crippen LogP contribution in [0, 0.1) is 5.41 Å². The van der Waals surface area contributed by atoms with Gasteiger partial charge in [-0.3, -0.25) is 9.59 Å². The Morgan fingerprint density at radius 3 is 2.65 bits per heavy atom. The lowest BCUT2D eigenvalue weighted by Gasteiger charge is -2.26. The average molecular weight is 382 g/mol. The highest BCUT2D eigenvalue weighted by molar-refractivity contribution is 7.17. The number of fused-ring (bicyclic) bond motifs is 1. The number of Topliss-reactive ketones (excluding diaryl/α,β-unsaturated/α-hetero) is 1. The van der Waals surface area contributed by atoms with Crippen molar-refractivity contribution in [1.29, 1.82) is 0 Å². The summed E-state index contributed by atoms with van der Waals surface area (Å²) in [5.74, 6) is -0.615. The van der Waals surface area contributed by atoms with E-state index in [4.69, 9.17) is 0 Å². The van der Waals surface area contributed by atoms with E-state index in [0.29, 0.717) is 23.4 Å². The summed E-state index contributed by atoms with van der Waals surface area (Å²) in [5, 5.41) is 2.77. The number of amides is 1. The van der Waals surface area contributed by atoms with Gasteiger partial charge in [0, 0.05) is 6.42 Å². The lowest BCUT2D eigenvalue weighted by molar-refractivity contribution is -0.138. The van der Waals surface area contributed by atoms with Gasteiger partial charge < -0.3 is 5.32 Å². The molecule has 3 rings (SSSR count). The Balaban J connectivity index is 1.76. The standard InChI is InChI=1S/C18H17F3N2O2S/c1-17(2)8-12-15(13(24)9-17)26-16(22-12)23-14(25)7-10-5-3-4-6-11(10)18(19,20)21/h3-6H,7-9H2,1-2H3,(H,22,23,25). The number of thiazole rings is 1. The number of ketones is 1. The molecule has 26 heavy (non-hydrogen) atoms. The quantitative estimate of drug-likeness (QED) is 0.850. The molecule has 4 nitrogen and oxygen atoms in total. The minimum Gasteiger partial charge on any atom is -0.302 e. The molecule has 1 heterocycles. The second kappa shape index (κ2) is 6.50. The molecule has 1 N–H and O–H groups in total. The van der Waals surface area contributed by atoms with E-state index in [1.807, 2.05) is 13.8 Å². The average Bonchev–Trinajstić information content (AvgIpc) is 2.87. The Bertz CT molecular complexity index is 872. The second-order valence-corrected chi connectivity index (χ2v) is 8.11. The third-order valence-corrected chi connectivity index (χ3v) is 5.21. The van der Waals surface area contributed by atoms with Gasteiger partial charge in [0.05, 0.1) is 22.6 Å². The van der Waals surface area contributed by atoms with E-state index in [9.17, 15) is 22.8 Å². The van der Waals surface area contributed by atoms with Crippen LogP contribution in [0.15, 0.2) is 24.3 Å². The van der Waals surface area contributed by atoms with Crippen molar-refractivity contribution in [2.75, 3.05) is 5.32 Å². The summed E-state index contributed by atoms with van der Waals surface area (Å²) in [5.41, 5.74) is -0.478. The maximum atomic E-state index is 13.0. The van der Waals surface area contributed by atoms with Crippen molar-refractivity contribution in [1.82, 2.24) is 4.98 Å². The molecule has 0 unspecified atom stereocenters. The van der Waals surface area contributed by atoms with Gasteiger partial charge in [0.1, 0.15) is 0 Å². The molecule has 1 aliphatic carbocycles. The van der Waals surface area contributed by atoms with Gasteiger partial charge >= 0.3 is 6.18 Å². The first kappa shape index (κ1) is 18.6. The molecule has 8 heteroatoms. The molecule has 0 spiro atoms. The first-order chi connectivity index (χ1) is 12.0. The molecule has 1 aromatic heterocycles. The van der Waals surface area contributed by atoms with Crippen molar-refractivity contribution in [3.8, 4) is 0 Å². The van der Waals surface area contributed by atoms with Crippen LogP contribution < -0.4 is 5.32 Å². The highest BCUT2D eigenvalue weighted by Gasteiger charge is 2.35. The van der Waals surface area contributed by atoms with Gasteiger partial charge in [-0.2, -0.15) is 13.2 Å². The first-order valence-corrected chi connectivity index (χ1v) is 8.85. The van der Waals surface area contributed by atoms with Crippen molar-refractivity contribution in [2.45, 2.75) is 39.3 Å². The summed E-state index contributed by atoms with van der Waals surface area (Å²) in [6.07, 6.45) is -3.90. The number of carbonyl (C=O) groups excluding carboxylic acids is 2. The molecule has 138 valence electrons. The fourth-order valence-electron chi connectivity index (χ4n) is 3.06. The Hall–Kier alpha value is -2.22. The molecule has 0 aliphatic heterocycles. The van der Waals surface area contributed by atoms with E-state index in [-0.39, 0.29) is 21.9 Å². The summed E-state index contributed by atoms with van der Waals surface area (Å²) < 4.78 is 39.1. The Morgan fingerprint density at radius 1 is 1.27 bits per heavy atom. The third kappa shape index (κ3) is 3.95. The fraction of sp³-hybridized carbons (Fsp3) is 0.389. The van der Waals surface area contributed by atoms with Crippen molar-refractivity contribution in [2.24, 2.45) is 5.41 Å². The zero-order chi connectivity index (χ0) is 19.1. The van der Waals surface area contributed by atoms with Crippen molar-refractivity contribution >= 4 is 28.2 Å². The molecular formula is C18H17F3N2O2S. The number of hydrogen-bond acceptors (Lipinski definition) is 4. The highest BCUT2D eigenvalue weighted by atomic mass is 32.1. The number of nitrogens with one attached hydrogen (secondary N) is 1. The number of alkyl halides is 3. The van der Waals surface area contributed by atoms with E-state index < -0.39 is 24.1 Å². The van der Waals surface area contributed by atoms with Crippen LogP contribution in [0.1, 0.15) is 46.8 Å². The van der Waals surface area contributed by atoms with Gasteiger partial charge in [0.15, 0.2) is 10.9 Å². The van der Waals surface area contributed by atoms with Crippen molar-refractivity contribution in [3.63, 3.8) is 0 Å². The van der Waals surface area contributed by atoms with Crippen LogP contribution in [-0.2, 0) is 23.8 Å². The molecule has 2 aromatic rings. The van der Waals surface area contributed by atoms with Crippen LogP contribution in [0.3, 0.4) is 0 Å². The normalized spacial score (nSPS) is 16.3. The maximum Gasteiger partial charge on any atom is 0.416 e. The van der Waals surface area contributed by atoms with Gasteiger partial charge in [-0.25, -0.2) is 4.98 Å². The molecule has 1 aromatic carbocycles. The number of rotatable bonds is 3. The smallest absolute Gasteiger partial charge is 0.302 e. The van der Waals surface area contributed by atoms with Gasteiger partial charge in [0.2, 0.25) is 5.91 Å². The van der Waals surface area contributed by atoms with Gasteiger partial charge in [0.25, 0.3) is 0 Å². The van der Waals surface area contributed by atoms with Crippen LogP contribution in [0.5, 0.6) is 0 Å². The Labute approximate surface area is 152 Å². The summed E-state index contributed by atoms with van der Waals surface area (Å²) >= 11 is 1.08. The minimum absolute atomic E-state index is 0.0170. The van der Waals surface area contributed by atoms with E-state index in [2.05, 4.69) is 10.3 Å². The number of carbonyl (C=O) groups is 2. The van der Waals surface area contributed by atoms with E-state index in [1.54, 1.807) is 0 Å². The van der Waals surface area contributed by atoms with Crippen LogP contribution >= 0.6 is 11.3 Å². The predicted molar refractivity (Wildman–Crippen MR) is 92.3 cm³/mol. The number of hydrogen-bond donors (Lipinski definition) is 1. The molecule has 0 saturated carbocycles. The minimum atomic E-state index is -4.52. The number of aromatic nitrogens is 1. The third-order valence-electron chi connectivity index (χ3n) is 4.16. The molecule has 0 fully saturated rings. The molecule has 1 amide bonds. The summed E-state index contributed by atoms with van der Waals surface area (Å²) in [4.78, 5) is 29.2. The lowest BCUT2D eigenvalue weighted by atomic mass is 9.78. The van der Waals surface area contributed by atoms with E-state index in [1.165, 1.54) is 18.2 Å². The second-order valence-electron chi connectivity index (χ2n) is 7.12. The monoisotopic (exact) mass is 382 g/mol. The highest BCUT2D eigenvalue weighted by Crippen LogP contribution is 2.38. The van der Waals surface area contributed by atoms with Crippen molar-refractivity contribution in [3.05, 3.63) is 46.0 Å². The lowest BCUT2D eigenvalue weighted by Crippen LogP contribution is -2.26. The van der Waals surface area contributed by atoms with Crippen molar-refractivity contribution < 1.29 is 22.8 Å². The largest absolute Gasteiger partial charge is 0.416 e. The first-order valence-electron chi connectivity index (χ1n) is 8.03. The number of anilines is 1. The SMILES string of the molecule is CC1(C)CC(=O)c2sc(NC(=O)Cc3ccccc3C(F)(F)F)nc2C1. The zero-order valence-electron chi connectivity index (χ0n) is 14.2. The molecule has 1 aliphatic rings. The number of benzene rings is 1. The summed E-state index contributed by atoms with van der Waals surface area (Å²) in [6.45, 7) is 3.94. The van der Waals surface area contributed by atoms with Crippen LogP contribution in [0.25, 0.3) is 0 Å². The summed E-state index contributed by atoms with van der Waals surface area (Å²) in [6, 6.07) is 4.97. The Kier molecular flexibility index (Phi) is 4.64. The maximum absolute atomic E-state index is 13.0. The molecule has 0 atom stereocenters.